The number of hydrogen-bond acceptors (Lipinski definition) is 3. The van der Waals surface area contributed by atoms with E-state index in [1.807, 2.05) is 49.6 Å². The van der Waals surface area contributed by atoms with Gasteiger partial charge in [0.1, 0.15) is 11.9 Å². The number of hydrogen-bond donors (Lipinski definition) is 1. The summed E-state index contributed by atoms with van der Waals surface area (Å²) in [6.07, 6.45) is 1.76. The second-order valence-electron chi connectivity index (χ2n) is 8.11. The number of nitrogens with one attached hydrogen (secondary N) is 1. The quantitative estimate of drug-likeness (QED) is 0.659. The monoisotopic (exact) mass is 396 g/mol. The molecular formula is C23H25FN2O3. The van der Waals surface area contributed by atoms with Crippen molar-refractivity contribution in [1.82, 2.24) is 9.88 Å². The maximum absolute atomic E-state index is 13.2. The number of esters is 1. The third kappa shape index (κ3) is 4.47. The molecule has 152 valence electrons. The number of methoxy groups -OCH3 is 1. The molecule has 0 radical (unpaired) electrons. The van der Waals surface area contributed by atoms with Crippen LogP contribution in [-0.4, -0.2) is 29.6 Å². The van der Waals surface area contributed by atoms with Crippen molar-refractivity contribution in [3.05, 3.63) is 71.7 Å². The van der Waals surface area contributed by atoms with Crippen LogP contribution in [0, 0.1) is 11.2 Å². The van der Waals surface area contributed by atoms with Gasteiger partial charge in [0.05, 0.1) is 12.7 Å². The molecule has 0 unspecified atom stereocenters. The molecular weight excluding hydrogens is 371 g/mol. The first-order valence-electron chi connectivity index (χ1n) is 9.41. The van der Waals surface area contributed by atoms with Gasteiger partial charge in [-0.1, -0.05) is 51.1 Å². The highest BCUT2D eigenvalue weighted by molar-refractivity contribution is 6.08. The molecule has 2 aromatic carbocycles. The number of rotatable bonds is 5. The number of amides is 1. The third-order valence-corrected chi connectivity index (χ3v) is 4.88. The van der Waals surface area contributed by atoms with Crippen LogP contribution < -0.4 is 5.32 Å². The van der Waals surface area contributed by atoms with Crippen molar-refractivity contribution in [2.45, 2.75) is 33.4 Å². The highest BCUT2D eigenvalue weighted by Gasteiger charge is 2.34. The number of carbonyl (C=O) groups is 2. The topological polar surface area (TPSA) is 60.3 Å². The van der Waals surface area contributed by atoms with Gasteiger partial charge in [0.15, 0.2) is 0 Å². The van der Waals surface area contributed by atoms with Gasteiger partial charge in [-0.3, -0.25) is 4.79 Å². The second kappa shape index (κ2) is 8.07. The van der Waals surface area contributed by atoms with Crippen molar-refractivity contribution in [2.75, 3.05) is 7.11 Å². The van der Waals surface area contributed by atoms with E-state index in [0.29, 0.717) is 12.1 Å². The molecule has 1 N–H and O–H groups in total. The molecule has 0 bridgehead atoms. The van der Waals surface area contributed by atoms with E-state index in [9.17, 15) is 14.0 Å². The molecule has 3 rings (SSSR count). The van der Waals surface area contributed by atoms with Gasteiger partial charge < -0.3 is 14.6 Å². The van der Waals surface area contributed by atoms with Gasteiger partial charge in [-0.25, -0.2) is 9.18 Å². The zero-order chi connectivity index (χ0) is 21.2. The molecule has 29 heavy (non-hydrogen) atoms. The lowest BCUT2D eigenvalue weighted by atomic mass is 9.86. The molecule has 1 heterocycles. The molecule has 0 saturated heterocycles. The Labute approximate surface area is 169 Å². The fourth-order valence-corrected chi connectivity index (χ4v) is 3.30. The summed E-state index contributed by atoms with van der Waals surface area (Å²) in [6.45, 7) is 6.10. The smallest absolute Gasteiger partial charge is 0.328 e. The Morgan fingerprint density at radius 2 is 1.76 bits per heavy atom. The minimum absolute atomic E-state index is 0.290. The van der Waals surface area contributed by atoms with Crippen molar-refractivity contribution < 1.29 is 18.7 Å². The SMILES string of the molecule is COC(=O)[C@H](NC(=O)c1cn(Cc2ccc(F)cc2)c2ccccc12)C(C)(C)C. The summed E-state index contributed by atoms with van der Waals surface area (Å²) in [4.78, 5) is 25.3. The standard InChI is InChI=1S/C23H25FN2O3/c1-23(2,3)20(22(28)29-4)25-21(27)18-14-26(19-8-6-5-7-17(18)19)13-15-9-11-16(24)12-10-15/h5-12,14,20H,13H2,1-4H3,(H,25,27)/t20-/m0/s1. The van der Waals surface area contributed by atoms with Gasteiger partial charge in [-0.15, -0.1) is 0 Å². The summed E-state index contributed by atoms with van der Waals surface area (Å²) in [7, 11) is 1.31. The summed E-state index contributed by atoms with van der Waals surface area (Å²) in [5.74, 6) is -1.12. The van der Waals surface area contributed by atoms with Crippen molar-refractivity contribution in [2.24, 2.45) is 5.41 Å². The zero-order valence-electron chi connectivity index (χ0n) is 17.0. The van der Waals surface area contributed by atoms with Crippen LogP contribution in [0.15, 0.2) is 54.7 Å². The molecule has 5 nitrogen and oxygen atoms in total. The predicted molar refractivity (Wildman–Crippen MR) is 110 cm³/mol. The van der Waals surface area contributed by atoms with Crippen molar-refractivity contribution in [3.63, 3.8) is 0 Å². The predicted octanol–water partition coefficient (Wildman–Crippen LogP) is 4.15. The first-order valence-corrected chi connectivity index (χ1v) is 9.41. The van der Waals surface area contributed by atoms with Gasteiger partial charge in [-0.2, -0.15) is 0 Å². The highest BCUT2D eigenvalue weighted by Crippen LogP contribution is 2.25. The number of para-hydroxylation sites is 1. The number of aromatic nitrogens is 1. The summed E-state index contributed by atoms with van der Waals surface area (Å²) in [5, 5.41) is 3.61. The molecule has 0 aliphatic rings. The van der Waals surface area contributed by atoms with Crippen LogP contribution in [0.3, 0.4) is 0 Å². The van der Waals surface area contributed by atoms with E-state index in [2.05, 4.69) is 5.32 Å². The number of halogens is 1. The van der Waals surface area contributed by atoms with Crippen molar-refractivity contribution in [1.29, 1.82) is 0 Å². The summed E-state index contributed by atoms with van der Waals surface area (Å²) >= 11 is 0. The van der Waals surface area contributed by atoms with Crippen LogP contribution in [0.4, 0.5) is 4.39 Å². The van der Waals surface area contributed by atoms with Crippen LogP contribution in [0.25, 0.3) is 10.9 Å². The number of ether oxygens (including phenoxy) is 1. The van der Waals surface area contributed by atoms with Crippen LogP contribution in [0.5, 0.6) is 0 Å². The van der Waals surface area contributed by atoms with Crippen molar-refractivity contribution >= 4 is 22.8 Å². The minimum Gasteiger partial charge on any atom is -0.467 e. The van der Waals surface area contributed by atoms with Crippen LogP contribution in [0.2, 0.25) is 0 Å². The molecule has 0 saturated carbocycles. The Morgan fingerprint density at radius 3 is 2.38 bits per heavy atom. The first kappa shape index (κ1) is 20.6. The van der Waals surface area contributed by atoms with E-state index in [-0.39, 0.29) is 11.7 Å². The molecule has 3 aromatic rings. The molecule has 1 atom stereocenters. The van der Waals surface area contributed by atoms with Crippen molar-refractivity contribution in [3.8, 4) is 0 Å². The number of benzene rings is 2. The largest absolute Gasteiger partial charge is 0.467 e. The lowest BCUT2D eigenvalue weighted by Crippen LogP contribution is -2.49. The maximum atomic E-state index is 13.2. The van der Waals surface area contributed by atoms with Gasteiger partial charge in [0, 0.05) is 23.6 Å². The van der Waals surface area contributed by atoms with E-state index < -0.39 is 17.4 Å². The zero-order valence-corrected chi connectivity index (χ0v) is 17.0. The number of nitrogens with zero attached hydrogens (tertiary/aromatic N) is 1. The summed E-state index contributed by atoms with van der Waals surface area (Å²) in [6, 6.07) is 13.1. The number of carbonyl (C=O) groups excluding carboxylic acids is 2. The molecule has 0 aliphatic carbocycles. The normalized spacial score (nSPS) is 12.6. The maximum Gasteiger partial charge on any atom is 0.328 e. The Hall–Kier alpha value is -3.15. The number of fused-ring (bicyclic) bond motifs is 1. The first-order chi connectivity index (χ1) is 13.7. The average Bonchev–Trinajstić information content (AvgIpc) is 3.05. The highest BCUT2D eigenvalue weighted by atomic mass is 19.1. The fourth-order valence-electron chi connectivity index (χ4n) is 3.30. The van der Waals surface area contributed by atoms with Crippen LogP contribution in [0.1, 0.15) is 36.7 Å². The Balaban J connectivity index is 1.96. The van der Waals surface area contributed by atoms with E-state index in [0.717, 1.165) is 16.5 Å². The fraction of sp³-hybridized carbons (Fsp3) is 0.304. The van der Waals surface area contributed by atoms with E-state index in [1.54, 1.807) is 18.3 Å². The second-order valence-corrected chi connectivity index (χ2v) is 8.11. The van der Waals surface area contributed by atoms with Gasteiger partial charge in [0.25, 0.3) is 5.91 Å². The molecule has 1 aromatic heterocycles. The van der Waals surface area contributed by atoms with Gasteiger partial charge in [0.2, 0.25) is 0 Å². The Morgan fingerprint density at radius 1 is 1.10 bits per heavy atom. The Bertz CT molecular complexity index is 1030. The van der Waals surface area contributed by atoms with E-state index in [4.69, 9.17) is 4.74 Å². The molecule has 0 spiro atoms. The Kier molecular flexibility index (Phi) is 5.73. The lowest BCUT2D eigenvalue weighted by molar-refractivity contribution is -0.145. The van der Waals surface area contributed by atoms with E-state index >= 15 is 0 Å². The van der Waals surface area contributed by atoms with E-state index in [1.165, 1.54) is 19.2 Å². The third-order valence-electron chi connectivity index (χ3n) is 4.88. The van der Waals surface area contributed by atoms with Gasteiger partial charge in [-0.05, 0) is 29.2 Å². The van der Waals surface area contributed by atoms with Crippen LogP contribution in [-0.2, 0) is 16.1 Å². The summed E-state index contributed by atoms with van der Waals surface area (Å²) in [5.41, 5.74) is 1.77. The molecule has 0 aliphatic heterocycles. The van der Waals surface area contributed by atoms with Crippen LogP contribution >= 0.6 is 0 Å². The molecule has 6 heteroatoms. The minimum atomic E-state index is -0.779. The summed E-state index contributed by atoms with van der Waals surface area (Å²) < 4.78 is 20.0. The molecule has 1 amide bonds. The lowest BCUT2D eigenvalue weighted by Gasteiger charge is -2.28. The average molecular weight is 396 g/mol. The van der Waals surface area contributed by atoms with Gasteiger partial charge >= 0.3 is 5.97 Å². The molecule has 0 fully saturated rings.